The van der Waals surface area contributed by atoms with Crippen LogP contribution in [-0.4, -0.2) is 11.7 Å². The van der Waals surface area contributed by atoms with Gasteiger partial charge in [-0.25, -0.2) is 8.78 Å². The zero-order valence-electron chi connectivity index (χ0n) is 9.81. The summed E-state index contributed by atoms with van der Waals surface area (Å²) in [4.78, 5) is 11.9. The van der Waals surface area contributed by atoms with Gasteiger partial charge in [-0.1, -0.05) is 12.1 Å². The minimum Gasteiger partial charge on any atom is -0.294 e. The lowest BCUT2D eigenvalue weighted by Crippen LogP contribution is -2.16. The zero-order valence-corrected chi connectivity index (χ0v) is 9.81. The molecule has 0 amide bonds. The van der Waals surface area contributed by atoms with Crippen molar-refractivity contribution in [3.63, 3.8) is 0 Å². The quantitative estimate of drug-likeness (QED) is 0.581. The van der Waals surface area contributed by atoms with Crippen LogP contribution < -0.4 is 0 Å². The van der Waals surface area contributed by atoms with Gasteiger partial charge < -0.3 is 0 Å². The van der Waals surface area contributed by atoms with Gasteiger partial charge in [0.25, 0.3) is 0 Å². The van der Waals surface area contributed by atoms with Crippen LogP contribution in [0.1, 0.15) is 35.2 Å². The largest absolute Gasteiger partial charge is 0.416 e. The Bertz CT molecular complexity index is 475. The molecule has 1 fully saturated rings. The average molecular weight is 278 g/mol. The van der Waals surface area contributed by atoms with Gasteiger partial charge in [0.15, 0.2) is 5.78 Å². The topological polar surface area (TPSA) is 17.1 Å². The molecule has 1 aliphatic rings. The maximum atomic E-state index is 13.0. The maximum absolute atomic E-state index is 13.0. The van der Waals surface area contributed by atoms with Crippen LogP contribution in [0.5, 0.6) is 0 Å². The first-order valence-electron chi connectivity index (χ1n) is 5.78. The van der Waals surface area contributed by atoms with Gasteiger partial charge in [-0.15, -0.1) is 0 Å². The molecule has 0 N–H and O–H groups in total. The number of benzene rings is 1. The number of halogens is 5. The Morgan fingerprint density at radius 1 is 1.16 bits per heavy atom. The van der Waals surface area contributed by atoms with Gasteiger partial charge in [-0.05, 0) is 18.6 Å². The lowest BCUT2D eigenvalue weighted by Gasteiger charge is -2.11. The SMILES string of the molecule is O=C(c1ccc(C(F)(F)F)cc1)C1CCC(F)(F)C1. The van der Waals surface area contributed by atoms with Gasteiger partial charge in [-0.2, -0.15) is 13.2 Å². The van der Waals surface area contributed by atoms with E-state index in [1.54, 1.807) is 0 Å². The molecule has 1 unspecified atom stereocenters. The van der Waals surface area contributed by atoms with Gasteiger partial charge >= 0.3 is 6.18 Å². The van der Waals surface area contributed by atoms with Crippen molar-refractivity contribution in [1.82, 2.24) is 0 Å². The minimum absolute atomic E-state index is 0.0516. The Kier molecular flexibility index (Phi) is 3.36. The number of Topliss-reactive ketones (excluding diaryl/α,β-unsaturated/α-hetero) is 1. The summed E-state index contributed by atoms with van der Waals surface area (Å²) in [5.74, 6) is -4.15. The summed E-state index contributed by atoms with van der Waals surface area (Å²) in [5, 5.41) is 0. The van der Waals surface area contributed by atoms with E-state index in [-0.39, 0.29) is 18.4 Å². The third-order valence-electron chi connectivity index (χ3n) is 3.27. The second kappa shape index (κ2) is 4.58. The Labute approximate surface area is 106 Å². The third-order valence-corrected chi connectivity index (χ3v) is 3.27. The van der Waals surface area contributed by atoms with E-state index in [1.807, 2.05) is 0 Å². The van der Waals surface area contributed by atoms with Crippen LogP contribution >= 0.6 is 0 Å². The van der Waals surface area contributed by atoms with Crippen molar-refractivity contribution in [3.8, 4) is 0 Å². The molecule has 0 heterocycles. The van der Waals surface area contributed by atoms with Gasteiger partial charge in [-0.3, -0.25) is 4.79 Å². The molecule has 1 atom stereocenters. The predicted octanol–water partition coefficient (Wildman–Crippen LogP) is 4.32. The minimum atomic E-state index is -4.47. The van der Waals surface area contributed by atoms with E-state index in [0.29, 0.717) is 0 Å². The predicted molar refractivity (Wildman–Crippen MR) is 58.1 cm³/mol. The molecule has 0 bridgehead atoms. The van der Waals surface area contributed by atoms with E-state index in [2.05, 4.69) is 0 Å². The molecule has 19 heavy (non-hydrogen) atoms. The molecule has 0 radical (unpaired) electrons. The number of hydrogen-bond acceptors (Lipinski definition) is 1. The fourth-order valence-electron chi connectivity index (χ4n) is 2.23. The Hall–Kier alpha value is -1.46. The van der Waals surface area contributed by atoms with E-state index < -0.39 is 35.8 Å². The van der Waals surface area contributed by atoms with Crippen LogP contribution in [0.2, 0.25) is 0 Å². The summed E-state index contributed by atoms with van der Waals surface area (Å²) >= 11 is 0. The fourth-order valence-corrected chi connectivity index (χ4v) is 2.23. The van der Waals surface area contributed by atoms with E-state index >= 15 is 0 Å². The highest BCUT2D eigenvalue weighted by molar-refractivity contribution is 5.98. The molecule has 1 aliphatic carbocycles. The number of alkyl halides is 5. The Balaban J connectivity index is 2.13. The highest BCUT2D eigenvalue weighted by atomic mass is 19.4. The van der Waals surface area contributed by atoms with E-state index in [9.17, 15) is 26.7 Å². The van der Waals surface area contributed by atoms with Crippen LogP contribution in [0.15, 0.2) is 24.3 Å². The van der Waals surface area contributed by atoms with Crippen molar-refractivity contribution in [2.45, 2.75) is 31.4 Å². The summed E-state index contributed by atoms with van der Waals surface area (Å²) in [7, 11) is 0. The van der Waals surface area contributed by atoms with E-state index in [0.717, 1.165) is 24.3 Å². The van der Waals surface area contributed by atoms with Crippen LogP contribution in [0.3, 0.4) is 0 Å². The second-order valence-corrected chi connectivity index (χ2v) is 4.74. The van der Waals surface area contributed by atoms with Gasteiger partial charge in [0.2, 0.25) is 5.92 Å². The molecule has 1 aromatic carbocycles. The van der Waals surface area contributed by atoms with E-state index in [1.165, 1.54) is 0 Å². The lowest BCUT2D eigenvalue weighted by atomic mass is 9.95. The lowest BCUT2D eigenvalue weighted by molar-refractivity contribution is -0.137. The fraction of sp³-hybridized carbons (Fsp3) is 0.462. The first kappa shape index (κ1) is 14.0. The molecule has 1 saturated carbocycles. The number of ketones is 1. The highest BCUT2D eigenvalue weighted by Crippen LogP contribution is 2.40. The maximum Gasteiger partial charge on any atom is 0.416 e. The smallest absolute Gasteiger partial charge is 0.294 e. The summed E-state index contributed by atoms with van der Waals surface area (Å²) < 4.78 is 63.0. The number of hydrogen-bond donors (Lipinski definition) is 0. The van der Waals surface area contributed by atoms with Crippen LogP contribution in [0.25, 0.3) is 0 Å². The first-order valence-corrected chi connectivity index (χ1v) is 5.78. The standard InChI is InChI=1S/C13H11F5O/c14-12(15)6-5-9(7-12)11(19)8-1-3-10(4-2-8)13(16,17)18/h1-4,9H,5-7H2. The normalized spacial score (nSPS) is 22.5. The third kappa shape index (κ3) is 3.11. The van der Waals surface area contributed by atoms with Crippen LogP contribution in [-0.2, 0) is 6.18 Å². The van der Waals surface area contributed by atoms with Crippen molar-refractivity contribution in [3.05, 3.63) is 35.4 Å². The molecular weight excluding hydrogens is 267 g/mol. The summed E-state index contributed by atoms with van der Waals surface area (Å²) in [6.45, 7) is 0. The molecule has 0 spiro atoms. The average Bonchev–Trinajstić information content (AvgIpc) is 2.68. The molecule has 0 aliphatic heterocycles. The van der Waals surface area contributed by atoms with E-state index in [4.69, 9.17) is 0 Å². The number of carbonyl (C=O) groups is 1. The van der Waals surface area contributed by atoms with Crippen LogP contribution in [0, 0.1) is 5.92 Å². The van der Waals surface area contributed by atoms with Crippen molar-refractivity contribution in [1.29, 1.82) is 0 Å². The number of rotatable bonds is 2. The van der Waals surface area contributed by atoms with Crippen molar-refractivity contribution in [2.24, 2.45) is 5.92 Å². The first-order chi connectivity index (χ1) is 8.69. The van der Waals surface area contributed by atoms with Gasteiger partial charge in [0.1, 0.15) is 0 Å². The van der Waals surface area contributed by atoms with Crippen LogP contribution in [0.4, 0.5) is 22.0 Å². The molecule has 1 nitrogen and oxygen atoms in total. The zero-order chi connectivity index (χ0) is 14.3. The summed E-state index contributed by atoms with van der Waals surface area (Å²) in [6, 6.07) is 3.67. The molecule has 104 valence electrons. The molecule has 1 aromatic rings. The van der Waals surface area contributed by atoms with Gasteiger partial charge in [0.05, 0.1) is 5.56 Å². The van der Waals surface area contributed by atoms with Crippen molar-refractivity contribution in [2.75, 3.05) is 0 Å². The van der Waals surface area contributed by atoms with Crippen molar-refractivity contribution >= 4 is 5.78 Å². The number of carbonyl (C=O) groups excluding carboxylic acids is 1. The molecule has 0 saturated heterocycles. The monoisotopic (exact) mass is 278 g/mol. The molecule has 0 aromatic heterocycles. The summed E-state index contributed by atoms with van der Waals surface area (Å²) in [6.07, 6.45) is -5.26. The second-order valence-electron chi connectivity index (χ2n) is 4.74. The molecule has 6 heteroatoms. The summed E-state index contributed by atoms with van der Waals surface area (Å²) in [5.41, 5.74) is -0.809. The highest BCUT2D eigenvalue weighted by Gasteiger charge is 2.42. The Morgan fingerprint density at radius 3 is 2.16 bits per heavy atom. The molecule has 2 rings (SSSR count). The molecular formula is C13H11F5O. The van der Waals surface area contributed by atoms with Crippen molar-refractivity contribution < 1.29 is 26.7 Å². The van der Waals surface area contributed by atoms with Gasteiger partial charge in [0, 0.05) is 24.3 Å². The Morgan fingerprint density at radius 2 is 1.74 bits per heavy atom.